The van der Waals surface area contributed by atoms with Gasteiger partial charge in [0.1, 0.15) is 6.10 Å². The van der Waals surface area contributed by atoms with E-state index in [9.17, 15) is 0 Å². The van der Waals surface area contributed by atoms with Crippen LogP contribution in [0.3, 0.4) is 0 Å². The van der Waals surface area contributed by atoms with Gasteiger partial charge in [0.15, 0.2) is 5.79 Å². The molecule has 2 unspecified atom stereocenters. The maximum atomic E-state index is 6.65. The average Bonchev–Trinajstić information content (AvgIpc) is 3.13. The maximum Gasteiger partial charge on any atom is 0.172 e. The highest BCUT2D eigenvalue weighted by Gasteiger charge is 2.57. The topological polar surface area (TPSA) is 30.9 Å². The first-order valence-electron chi connectivity index (χ1n) is 13.5. The fourth-order valence-electron chi connectivity index (χ4n) is 6.02. The molecule has 3 rings (SSSR count). The fraction of sp³-hybridized carbons (Fsp3) is 0.793. The summed E-state index contributed by atoms with van der Waals surface area (Å²) in [6.07, 6.45) is 13.8. The van der Waals surface area contributed by atoms with E-state index in [1.165, 1.54) is 56.9 Å². The lowest BCUT2D eigenvalue weighted by atomic mass is 9.78. The van der Waals surface area contributed by atoms with Gasteiger partial charge in [0.05, 0.1) is 12.7 Å². The third-order valence-electron chi connectivity index (χ3n) is 7.33. The van der Waals surface area contributed by atoms with Crippen LogP contribution in [0.15, 0.2) is 30.3 Å². The van der Waals surface area contributed by atoms with Gasteiger partial charge in [-0.2, -0.15) is 5.06 Å². The molecule has 0 bridgehead atoms. The molecule has 0 aliphatic carbocycles. The van der Waals surface area contributed by atoms with E-state index < -0.39 is 5.79 Å². The number of rotatable bonds is 12. The van der Waals surface area contributed by atoms with Crippen molar-refractivity contribution in [1.29, 1.82) is 0 Å². The van der Waals surface area contributed by atoms with E-state index in [2.05, 4.69) is 70.9 Å². The zero-order valence-electron chi connectivity index (χ0n) is 22.2. The molecule has 0 radical (unpaired) electrons. The van der Waals surface area contributed by atoms with Gasteiger partial charge in [0, 0.05) is 23.9 Å². The molecule has 2 fully saturated rings. The van der Waals surface area contributed by atoms with Gasteiger partial charge in [-0.05, 0) is 46.6 Å². The van der Waals surface area contributed by atoms with Crippen molar-refractivity contribution in [2.75, 3.05) is 6.61 Å². The van der Waals surface area contributed by atoms with E-state index in [1.807, 2.05) is 6.07 Å². The Morgan fingerprint density at radius 3 is 2.09 bits per heavy atom. The van der Waals surface area contributed by atoms with Crippen LogP contribution in [0.2, 0.25) is 0 Å². The molecule has 0 amide bonds. The van der Waals surface area contributed by atoms with Crippen molar-refractivity contribution >= 4 is 0 Å². The fourth-order valence-corrected chi connectivity index (χ4v) is 6.02. The monoisotopic (exact) mass is 459 g/mol. The van der Waals surface area contributed by atoms with Crippen molar-refractivity contribution in [1.82, 2.24) is 5.06 Å². The van der Waals surface area contributed by atoms with Gasteiger partial charge in [-0.3, -0.25) is 4.84 Å². The molecule has 2 saturated heterocycles. The molecular formula is C29H49NO3. The highest BCUT2D eigenvalue weighted by molar-refractivity contribution is 5.17. The minimum absolute atomic E-state index is 0.000985. The van der Waals surface area contributed by atoms with Gasteiger partial charge < -0.3 is 9.47 Å². The third kappa shape index (κ3) is 7.27. The minimum Gasteiger partial charge on any atom is -0.347 e. The molecular weight excluding hydrogens is 410 g/mol. The summed E-state index contributed by atoms with van der Waals surface area (Å²) >= 11 is 0. The van der Waals surface area contributed by atoms with Crippen LogP contribution in [0, 0.1) is 0 Å². The van der Waals surface area contributed by atoms with Crippen molar-refractivity contribution in [2.45, 2.75) is 141 Å². The summed E-state index contributed by atoms with van der Waals surface area (Å²) in [7, 11) is 0. The Morgan fingerprint density at radius 2 is 1.48 bits per heavy atom. The number of nitrogens with zero attached hydrogens (tertiary/aromatic N) is 1. The van der Waals surface area contributed by atoms with Gasteiger partial charge >= 0.3 is 0 Å². The summed E-state index contributed by atoms with van der Waals surface area (Å²) in [5, 5.41) is 2.21. The first kappa shape index (κ1) is 26.7. The first-order chi connectivity index (χ1) is 15.7. The zero-order valence-corrected chi connectivity index (χ0v) is 22.2. The van der Waals surface area contributed by atoms with Crippen LogP contribution in [-0.2, 0) is 14.3 Å². The lowest BCUT2D eigenvalue weighted by Gasteiger charge is -2.56. The second-order valence-electron chi connectivity index (χ2n) is 11.7. The molecule has 1 aromatic rings. The van der Waals surface area contributed by atoms with Crippen molar-refractivity contribution < 1.29 is 14.3 Å². The maximum absolute atomic E-state index is 6.65. The number of piperidine rings is 1. The number of hydrogen-bond donors (Lipinski definition) is 0. The van der Waals surface area contributed by atoms with E-state index in [0.29, 0.717) is 0 Å². The van der Waals surface area contributed by atoms with Crippen LogP contribution in [0.1, 0.15) is 124 Å². The highest BCUT2D eigenvalue weighted by atomic mass is 16.7. The Morgan fingerprint density at radius 1 is 0.909 bits per heavy atom. The molecule has 2 atom stereocenters. The molecule has 2 aliphatic rings. The molecule has 2 aliphatic heterocycles. The van der Waals surface area contributed by atoms with E-state index in [-0.39, 0.29) is 23.3 Å². The number of benzene rings is 1. The van der Waals surface area contributed by atoms with Gasteiger partial charge in [0.25, 0.3) is 0 Å². The molecule has 4 heteroatoms. The Hall–Kier alpha value is -0.940. The lowest BCUT2D eigenvalue weighted by molar-refractivity contribution is -0.351. The summed E-state index contributed by atoms with van der Waals surface area (Å²) < 4.78 is 13.1. The average molecular weight is 460 g/mol. The lowest BCUT2D eigenvalue weighted by Crippen LogP contribution is -2.65. The summed E-state index contributed by atoms with van der Waals surface area (Å²) in [5.41, 5.74) is 0.805. The summed E-state index contributed by atoms with van der Waals surface area (Å²) in [5.74, 6) is -0.492. The van der Waals surface area contributed by atoms with Crippen LogP contribution in [0.25, 0.3) is 0 Å². The molecule has 0 saturated carbocycles. The van der Waals surface area contributed by atoms with Gasteiger partial charge in [-0.1, -0.05) is 88.6 Å². The quantitative estimate of drug-likeness (QED) is 0.296. The normalized spacial score (nSPS) is 24.8. The van der Waals surface area contributed by atoms with Gasteiger partial charge in [-0.15, -0.1) is 0 Å². The van der Waals surface area contributed by atoms with Crippen LogP contribution >= 0.6 is 0 Å². The van der Waals surface area contributed by atoms with Crippen molar-refractivity contribution in [3.8, 4) is 0 Å². The number of hydrogen-bond acceptors (Lipinski definition) is 4. The molecule has 0 aromatic heterocycles. The zero-order chi connectivity index (χ0) is 24.0. The molecule has 4 nitrogen and oxygen atoms in total. The van der Waals surface area contributed by atoms with Gasteiger partial charge in [0.2, 0.25) is 0 Å². The number of ether oxygens (including phenoxy) is 2. The number of hydroxylamine groups is 2. The van der Waals surface area contributed by atoms with Crippen LogP contribution in [-0.4, -0.2) is 34.6 Å². The smallest absolute Gasteiger partial charge is 0.172 e. The predicted molar refractivity (Wildman–Crippen MR) is 136 cm³/mol. The Bertz CT molecular complexity index is 684. The molecule has 2 heterocycles. The number of unbranched alkanes of at least 4 members (excludes halogenated alkanes) is 7. The largest absolute Gasteiger partial charge is 0.347 e. The third-order valence-corrected chi connectivity index (χ3v) is 7.33. The first-order valence-corrected chi connectivity index (χ1v) is 13.5. The van der Waals surface area contributed by atoms with Crippen molar-refractivity contribution in [2.24, 2.45) is 0 Å². The van der Waals surface area contributed by atoms with E-state index in [4.69, 9.17) is 14.3 Å². The van der Waals surface area contributed by atoms with E-state index >= 15 is 0 Å². The van der Waals surface area contributed by atoms with E-state index in [1.54, 1.807) is 0 Å². The van der Waals surface area contributed by atoms with Crippen LogP contribution in [0.5, 0.6) is 0 Å². The van der Waals surface area contributed by atoms with Crippen LogP contribution < -0.4 is 0 Å². The Balaban J connectivity index is 1.50. The molecule has 1 aromatic carbocycles. The minimum atomic E-state index is -0.492. The second-order valence-corrected chi connectivity index (χ2v) is 11.7. The van der Waals surface area contributed by atoms with Gasteiger partial charge in [-0.25, -0.2) is 0 Å². The molecule has 0 N–H and O–H groups in total. The van der Waals surface area contributed by atoms with Crippen molar-refractivity contribution in [3.63, 3.8) is 0 Å². The Kier molecular flexibility index (Phi) is 9.42. The van der Waals surface area contributed by atoms with E-state index in [0.717, 1.165) is 25.9 Å². The molecule has 33 heavy (non-hydrogen) atoms. The highest BCUT2D eigenvalue weighted by Crippen LogP contribution is 2.49. The summed E-state index contributed by atoms with van der Waals surface area (Å²) in [6.45, 7) is 14.2. The molecule has 1 spiro atoms. The predicted octanol–water partition coefficient (Wildman–Crippen LogP) is 7.97. The summed E-state index contributed by atoms with van der Waals surface area (Å²) in [6, 6.07) is 10.5. The second kappa shape index (κ2) is 11.7. The Labute approximate surface area is 203 Å². The molecule has 188 valence electrons. The standard InChI is InChI=1S/C29H49NO3/c1-7-8-9-10-11-12-13-17-20-26-21-31-29(32-26)22-27(3,4)30(28(5,6)23-29)33-24(2)25-18-15-14-16-19-25/h14-16,18-19,24,26H,7-13,17,20-23H2,1-6H3. The SMILES string of the molecule is CCCCCCCCCCC1COC2(CC(C)(C)N(OC(C)c3ccccc3)C(C)(C)C2)O1. The summed E-state index contributed by atoms with van der Waals surface area (Å²) in [4.78, 5) is 6.59. The van der Waals surface area contributed by atoms with Crippen molar-refractivity contribution in [3.05, 3.63) is 35.9 Å². The van der Waals surface area contributed by atoms with Crippen LogP contribution in [0.4, 0.5) is 0 Å².